The molecule has 0 amide bonds. The van der Waals surface area contributed by atoms with Crippen molar-refractivity contribution in [3.05, 3.63) is 0 Å². The number of hydrogen-bond donors (Lipinski definition) is 1. The molecule has 0 radical (unpaired) electrons. The van der Waals surface area contributed by atoms with Gasteiger partial charge in [0.2, 0.25) is 0 Å². The second-order valence-corrected chi connectivity index (χ2v) is 6.71. The highest BCUT2D eigenvalue weighted by Crippen LogP contribution is 2.32. The zero-order valence-electron chi connectivity index (χ0n) is 10.5. The van der Waals surface area contributed by atoms with Crippen LogP contribution in [0, 0.1) is 11.8 Å². The van der Waals surface area contributed by atoms with E-state index in [0.29, 0.717) is 17.2 Å². The third kappa shape index (κ3) is 3.28. The van der Waals surface area contributed by atoms with Crippen LogP contribution in [0.2, 0.25) is 0 Å². The first-order valence-corrected chi connectivity index (χ1v) is 7.52. The number of hydrogen-bond acceptors (Lipinski definition) is 2. The molecule has 0 bridgehead atoms. The molecule has 0 heterocycles. The summed E-state index contributed by atoms with van der Waals surface area (Å²) in [5.41, 5.74) is 0. The van der Waals surface area contributed by atoms with Gasteiger partial charge < -0.3 is 5.32 Å². The summed E-state index contributed by atoms with van der Waals surface area (Å²) in [5.74, 6) is 2.23. The fourth-order valence-electron chi connectivity index (χ4n) is 2.89. The minimum absolute atomic E-state index is 0.367. The summed E-state index contributed by atoms with van der Waals surface area (Å²) < 4.78 is 12.2. The summed E-state index contributed by atoms with van der Waals surface area (Å²) in [5, 5.41) is 3.73. The van der Waals surface area contributed by atoms with Crippen LogP contribution in [0.5, 0.6) is 0 Å². The van der Waals surface area contributed by atoms with E-state index in [9.17, 15) is 4.21 Å². The Morgan fingerprint density at radius 2 is 2.00 bits per heavy atom. The van der Waals surface area contributed by atoms with E-state index >= 15 is 0 Å². The zero-order valence-corrected chi connectivity index (χ0v) is 11.3. The molecule has 5 unspecified atom stereocenters. The smallest absolute Gasteiger partial charge is 0.0526 e. The quantitative estimate of drug-likeness (QED) is 0.803. The summed E-state index contributed by atoms with van der Waals surface area (Å²) in [4.78, 5) is 0. The highest BCUT2D eigenvalue weighted by Gasteiger charge is 2.36. The topological polar surface area (TPSA) is 29.1 Å². The maximum atomic E-state index is 12.2. The minimum atomic E-state index is -0.644. The van der Waals surface area contributed by atoms with Crippen molar-refractivity contribution in [3.8, 4) is 0 Å². The Morgan fingerprint density at radius 1 is 1.33 bits per heavy atom. The lowest BCUT2D eigenvalue weighted by Gasteiger charge is -2.38. The van der Waals surface area contributed by atoms with E-state index in [1.54, 1.807) is 0 Å². The first kappa shape index (κ1) is 13.2. The molecule has 5 atom stereocenters. The average molecular weight is 231 g/mol. The maximum absolute atomic E-state index is 12.2. The molecule has 1 N–H and O–H groups in total. The Morgan fingerprint density at radius 3 is 2.53 bits per heavy atom. The van der Waals surface area contributed by atoms with Gasteiger partial charge in [0.25, 0.3) is 0 Å². The largest absolute Gasteiger partial charge is 0.316 e. The molecule has 0 aromatic heterocycles. The molecule has 0 spiro atoms. The van der Waals surface area contributed by atoms with E-state index in [1.165, 1.54) is 12.8 Å². The molecular weight excluding hydrogens is 206 g/mol. The molecule has 0 aromatic rings. The summed E-state index contributed by atoms with van der Waals surface area (Å²) in [7, 11) is 1.36. The van der Waals surface area contributed by atoms with Gasteiger partial charge in [-0.05, 0) is 38.1 Å². The van der Waals surface area contributed by atoms with Crippen LogP contribution >= 0.6 is 0 Å². The Hall–Kier alpha value is 0.110. The fraction of sp³-hybridized carbons (Fsp3) is 1.00. The lowest BCUT2D eigenvalue weighted by molar-refractivity contribution is 0.253. The van der Waals surface area contributed by atoms with Crippen molar-refractivity contribution in [2.24, 2.45) is 11.8 Å². The van der Waals surface area contributed by atoms with Gasteiger partial charge in [-0.1, -0.05) is 20.8 Å². The average Bonchev–Trinajstić information content (AvgIpc) is 2.16. The van der Waals surface area contributed by atoms with E-state index in [-0.39, 0.29) is 0 Å². The Bertz CT molecular complexity index is 220. The van der Waals surface area contributed by atoms with Crippen LogP contribution in [-0.4, -0.2) is 28.3 Å². The SMILES string of the molecule is CCCS(=O)C1C(C)CC(C)CC1NC. The molecule has 3 heteroatoms. The van der Waals surface area contributed by atoms with Gasteiger partial charge >= 0.3 is 0 Å². The van der Waals surface area contributed by atoms with Gasteiger partial charge in [0.15, 0.2) is 0 Å². The lowest BCUT2D eigenvalue weighted by atomic mass is 9.80. The lowest BCUT2D eigenvalue weighted by Crippen LogP contribution is -2.49. The van der Waals surface area contributed by atoms with Crippen LogP contribution in [0.3, 0.4) is 0 Å². The molecule has 1 fully saturated rings. The van der Waals surface area contributed by atoms with Crippen molar-refractivity contribution in [1.82, 2.24) is 5.32 Å². The Labute approximate surface area is 96.7 Å². The van der Waals surface area contributed by atoms with Gasteiger partial charge in [-0.3, -0.25) is 4.21 Å². The van der Waals surface area contributed by atoms with E-state index in [2.05, 4.69) is 26.1 Å². The third-order valence-electron chi connectivity index (χ3n) is 3.47. The van der Waals surface area contributed by atoms with Crippen LogP contribution in [-0.2, 0) is 10.8 Å². The van der Waals surface area contributed by atoms with Crippen molar-refractivity contribution in [2.45, 2.75) is 51.3 Å². The second-order valence-electron chi connectivity index (χ2n) is 5.00. The fourth-order valence-corrected chi connectivity index (χ4v) is 4.81. The second kappa shape index (κ2) is 6.00. The number of nitrogens with one attached hydrogen (secondary N) is 1. The molecule has 0 aliphatic heterocycles. The van der Waals surface area contributed by atoms with Gasteiger partial charge in [-0.15, -0.1) is 0 Å². The monoisotopic (exact) mass is 231 g/mol. The molecular formula is C12H25NOS. The number of rotatable bonds is 4. The Balaban J connectivity index is 2.69. The minimum Gasteiger partial charge on any atom is -0.316 e. The van der Waals surface area contributed by atoms with Gasteiger partial charge in [-0.25, -0.2) is 0 Å². The van der Waals surface area contributed by atoms with E-state index in [1.807, 2.05) is 7.05 Å². The van der Waals surface area contributed by atoms with Crippen LogP contribution in [0.15, 0.2) is 0 Å². The van der Waals surface area contributed by atoms with Crippen LogP contribution in [0.1, 0.15) is 40.0 Å². The predicted molar refractivity (Wildman–Crippen MR) is 67.5 cm³/mol. The van der Waals surface area contributed by atoms with Crippen molar-refractivity contribution >= 4 is 10.8 Å². The van der Waals surface area contributed by atoms with Gasteiger partial charge in [0, 0.05) is 22.6 Å². The first-order chi connectivity index (χ1) is 7.10. The summed E-state index contributed by atoms with van der Waals surface area (Å²) >= 11 is 0. The van der Waals surface area contributed by atoms with Gasteiger partial charge in [0.1, 0.15) is 0 Å². The predicted octanol–water partition coefficient (Wildman–Crippen LogP) is 2.17. The van der Waals surface area contributed by atoms with E-state index in [4.69, 9.17) is 0 Å². The molecule has 1 rings (SSSR count). The summed E-state index contributed by atoms with van der Waals surface area (Å²) in [6, 6.07) is 0.455. The molecule has 1 saturated carbocycles. The summed E-state index contributed by atoms with van der Waals surface area (Å²) in [6.45, 7) is 6.68. The Kier molecular flexibility index (Phi) is 5.27. The van der Waals surface area contributed by atoms with E-state index < -0.39 is 10.8 Å². The molecule has 1 aliphatic carbocycles. The van der Waals surface area contributed by atoms with Crippen molar-refractivity contribution in [2.75, 3.05) is 12.8 Å². The molecule has 15 heavy (non-hydrogen) atoms. The van der Waals surface area contributed by atoms with Crippen molar-refractivity contribution < 1.29 is 4.21 Å². The molecule has 0 aromatic carbocycles. The van der Waals surface area contributed by atoms with Crippen LogP contribution in [0.4, 0.5) is 0 Å². The highest BCUT2D eigenvalue weighted by atomic mass is 32.2. The molecule has 2 nitrogen and oxygen atoms in total. The van der Waals surface area contributed by atoms with Crippen LogP contribution < -0.4 is 5.32 Å². The first-order valence-electron chi connectivity index (χ1n) is 6.14. The van der Waals surface area contributed by atoms with Gasteiger partial charge in [-0.2, -0.15) is 0 Å². The molecule has 1 aliphatic rings. The standard InChI is InChI=1S/C12H25NOS/c1-5-6-15(14)12-10(3)7-9(2)8-11(12)13-4/h9-13H,5-8H2,1-4H3. The normalized spacial score (nSPS) is 38.9. The zero-order chi connectivity index (χ0) is 11.4. The van der Waals surface area contributed by atoms with Crippen LogP contribution in [0.25, 0.3) is 0 Å². The van der Waals surface area contributed by atoms with Gasteiger partial charge in [0.05, 0.1) is 5.25 Å². The van der Waals surface area contributed by atoms with Crippen molar-refractivity contribution in [1.29, 1.82) is 0 Å². The molecule has 90 valence electrons. The van der Waals surface area contributed by atoms with E-state index in [0.717, 1.165) is 18.1 Å². The molecule has 0 saturated heterocycles. The van der Waals surface area contributed by atoms with Crippen molar-refractivity contribution in [3.63, 3.8) is 0 Å². The maximum Gasteiger partial charge on any atom is 0.0526 e. The third-order valence-corrected chi connectivity index (χ3v) is 5.68. The summed E-state index contributed by atoms with van der Waals surface area (Å²) in [6.07, 6.45) is 3.45. The highest BCUT2D eigenvalue weighted by molar-refractivity contribution is 7.85.